The summed E-state index contributed by atoms with van der Waals surface area (Å²) in [5, 5.41) is 12.6. The minimum Gasteiger partial charge on any atom is -0.481 e. The average Bonchev–Trinajstić information content (AvgIpc) is 2.73. The summed E-state index contributed by atoms with van der Waals surface area (Å²) in [7, 11) is 0. The van der Waals surface area contributed by atoms with Gasteiger partial charge in [0, 0.05) is 19.1 Å². The number of amides is 2. The zero-order chi connectivity index (χ0) is 16.1. The van der Waals surface area contributed by atoms with Crippen LogP contribution in [-0.4, -0.2) is 41.1 Å². The first-order valence-electron chi connectivity index (χ1n) is 7.87. The second-order valence-corrected chi connectivity index (χ2v) is 7.83. The normalized spacial score (nSPS) is 30.2. The van der Waals surface area contributed by atoms with Crippen molar-refractivity contribution >= 4 is 12.0 Å². The lowest BCUT2D eigenvalue weighted by Gasteiger charge is -2.24. The van der Waals surface area contributed by atoms with Gasteiger partial charge in [0.2, 0.25) is 0 Å². The third-order valence-electron chi connectivity index (χ3n) is 6.11. The molecule has 1 saturated heterocycles. The van der Waals surface area contributed by atoms with E-state index in [-0.39, 0.29) is 22.9 Å². The maximum absolute atomic E-state index is 12.4. The molecule has 5 heteroatoms. The van der Waals surface area contributed by atoms with Crippen molar-refractivity contribution in [3.8, 4) is 0 Å². The zero-order valence-corrected chi connectivity index (χ0v) is 13.8. The molecule has 0 aromatic heterocycles. The van der Waals surface area contributed by atoms with Crippen LogP contribution in [0.1, 0.15) is 53.9 Å². The summed E-state index contributed by atoms with van der Waals surface area (Å²) >= 11 is 0. The number of carboxylic acid groups (broad SMARTS) is 1. The van der Waals surface area contributed by atoms with Crippen molar-refractivity contribution in [3.05, 3.63) is 0 Å². The predicted octanol–water partition coefficient (Wildman–Crippen LogP) is 2.71. The number of urea groups is 1. The first kappa shape index (κ1) is 16.1. The number of nitrogens with one attached hydrogen (secondary N) is 1. The van der Waals surface area contributed by atoms with E-state index in [2.05, 4.69) is 33.0 Å². The number of nitrogens with zero attached hydrogens (tertiary/aromatic N) is 1. The summed E-state index contributed by atoms with van der Waals surface area (Å²) < 4.78 is 0. The maximum Gasteiger partial charge on any atom is 0.317 e. The van der Waals surface area contributed by atoms with Gasteiger partial charge in [-0.2, -0.15) is 0 Å². The van der Waals surface area contributed by atoms with Gasteiger partial charge in [0.05, 0.1) is 5.41 Å². The highest BCUT2D eigenvalue weighted by Crippen LogP contribution is 2.62. The van der Waals surface area contributed by atoms with E-state index in [4.69, 9.17) is 0 Å². The average molecular weight is 296 g/mol. The van der Waals surface area contributed by atoms with Gasteiger partial charge in [0.15, 0.2) is 0 Å². The zero-order valence-electron chi connectivity index (χ0n) is 13.8. The van der Waals surface area contributed by atoms with Gasteiger partial charge >= 0.3 is 12.0 Å². The van der Waals surface area contributed by atoms with E-state index in [0.29, 0.717) is 25.9 Å². The molecule has 5 nitrogen and oxygen atoms in total. The minimum atomic E-state index is -0.772. The van der Waals surface area contributed by atoms with Gasteiger partial charge in [-0.1, -0.05) is 41.0 Å². The Hall–Kier alpha value is -1.26. The smallest absolute Gasteiger partial charge is 0.317 e. The van der Waals surface area contributed by atoms with Crippen molar-refractivity contribution in [2.45, 2.75) is 59.9 Å². The van der Waals surface area contributed by atoms with Crippen molar-refractivity contribution in [1.82, 2.24) is 10.2 Å². The Bertz CT molecular complexity index is 444. The van der Waals surface area contributed by atoms with Crippen molar-refractivity contribution < 1.29 is 14.7 Å². The highest BCUT2D eigenvalue weighted by molar-refractivity contribution is 5.80. The van der Waals surface area contributed by atoms with Crippen LogP contribution < -0.4 is 5.32 Å². The molecule has 1 unspecified atom stereocenters. The highest BCUT2D eigenvalue weighted by Gasteiger charge is 2.65. The molecule has 2 N–H and O–H groups in total. The molecule has 1 heterocycles. The molecule has 1 aliphatic carbocycles. The van der Waals surface area contributed by atoms with E-state index in [1.807, 2.05) is 6.92 Å². The van der Waals surface area contributed by atoms with Crippen LogP contribution in [0.3, 0.4) is 0 Å². The molecule has 1 saturated carbocycles. The van der Waals surface area contributed by atoms with Gasteiger partial charge in [-0.3, -0.25) is 4.79 Å². The molecule has 0 aromatic carbocycles. The lowest BCUT2D eigenvalue weighted by molar-refractivity contribution is -0.148. The topological polar surface area (TPSA) is 69.6 Å². The van der Waals surface area contributed by atoms with E-state index in [1.165, 1.54) is 0 Å². The Kier molecular flexibility index (Phi) is 3.75. The predicted molar refractivity (Wildman–Crippen MR) is 81.0 cm³/mol. The first-order chi connectivity index (χ1) is 9.58. The number of likely N-dealkylation sites (tertiary alicyclic amines) is 1. The van der Waals surface area contributed by atoms with Crippen molar-refractivity contribution in [2.24, 2.45) is 16.2 Å². The third-order valence-corrected chi connectivity index (χ3v) is 6.11. The van der Waals surface area contributed by atoms with E-state index in [9.17, 15) is 14.7 Å². The molecule has 2 fully saturated rings. The molecule has 2 aliphatic rings. The van der Waals surface area contributed by atoms with Crippen LogP contribution >= 0.6 is 0 Å². The molecule has 21 heavy (non-hydrogen) atoms. The van der Waals surface area contributed by atoms with Crippen LogP contribution in [0.25, 0.3) is 0 Å². The maximum atomic E-state index is 12.4. The van der Waals surface area contributed by atoms with Crippen molar-refractivity contribution in [2.75, 3.05) is 13.1 Å². The van der Waals surface area contributed by atoms with Gasteiger partial charge < -0.3 is 15.3 Å². The molecule has 1 atom stereocenters. The van der Waals surface area contributed by atoms with Gasteiger partial charge in [-0.15, -0.1) is 0 Å². The van der Waals surface area contributed by atoms with E-state index >= 15 is 0 Å². The molecule has 0 aromatic rings. The Balaban J connectivity index is 1.99. The minimum absolute atomic E-state index is 0.0929. The number of carbonyl (C=O) groups is 2. The summed E-state index contributed by atoms with van der Waals surface area (Å²) in [6.45, 7) is 11.5. The molecular weight excluding hydrogens is 268 g/mol. The molecule has 2 rings (SSSR count). The number of carbonyl (C=O) groups excluding carboxylic acids is 1. The molecule has 0 bridgehead atoms. The number of aliphatic carboxylic acids is 1. The van der Waals surface area contributed by atoms with Crippen LogP contribution in [0.2, 0.25) is 0 Å². The fourth-order valence-electron chi connectivity index (χ4n) is 3.78. The van der Waals surface area contributed by atoms with Crippen LogP contribution in [0.5, 0.6) is 0 Å². The summed E-state index contributed by atoms with van der Waals surface area (Å²) in [5.74, 6) is -0.772. The molecule has 1 aliphatic heterocycles. The van der Waals surface area contributed by atoms with Gasteiger partial charge in [-0.25, -0.2) is 4.79 Å². The summed E-state index contributed by atoms with van der Waals surface area (Å²) in [6.07, 6.45) is 2.01. The quantitative estimate of drug-likeness (QED) is 0.838. The lowest BCUT2D eigenvalue weighted by Crippen LogP contribution is -2.43. The van der Waals surface area contributed by atoms with Crippen LogP contribution in [-0.2, 0) is 4.79 Å². The van der Waals surface area contributed by atoms with Crippen LogP contribution in [0.4, 0.5) is 4.79 Å². The monoisotopic (exact) mass is 296 g/mol. The van der Waals surface area contributed by atoms with Gasteiger partial charge in [-0.05, 0) is 23.7 Å². The van der Waals surface area contributed by atoms with Crippen LogP contribution in [0, 0.1) is 16.2 Å². The van der Waals surface area contributed by atoms with E-state index in [0.717, 1.165) is 6.42 Å². The summed E-state index contributed by atoms with van der Waals surface area (Å²) in [5.41, 5.74) is -0.563. The second kappa shape index (κ2) is 4.89. The fourth-order valence-corrected chi connectivity index (χ4v) is 3.78. The summed E-state index contributed by atoms with van der Waals surface area (Å²) in [6, 6.07) is 0.0429. The van der Waals surface area contributed by atoms with Gasteiger partial charge in [0.25, 0.3) is 0 Å². The SMILES string of the molecule is CCCC1(C(=O)O)CCN(C(=O)NC2C(C)(C)C2(C)C)C1. The summed E-state index contributed by atoms with van der Waals surface area (Å²) in [4.78, 5) is 25.6. The second-order valence-electron chi connectivity index (χ2n) is 7.83. The Morgan fingerprint density at radius 2 is 1.81 bits per heavy atom. The third kappa shape index (κ3) is 2.40. The number of hydrogen-bond donors (Lipinski definition) is 2. The molecule has 120 valence electrons. The number of carboxylic acids is 1. The lowest BCUT2D eigenvalue weighted by atomic mass is 9.83. The molecule has 0 spiro atoms. The first-order valence-corrected chi connectivity index (χ1v) is 7.87. The number of hydrogen-bond acceptors (Lipinski definition) is 2. The highest BCUT2D eigenvalue weighted by atomic mass is 16.4. The Labute approximate surface area is 127 Å². The fraction of sp³-hybridized carbons (Fsp3) is 0.875. The van der Waals surface area contributed by atoms with E-state index < -0.39 is 11.4 Å². The Morgan fingerprint density at radius 3 is 2.24 bits per heavy atom. The van der Waals surface area contributed by atoms with Crippen LogP contribution in [0.15, 0.2) is 0 Å². The van der Waals surface area contributed by atoms with Crippen molar-refractivity contribution in [3.63, 3.8) is 0 Å². The van der Waals surface area contributed by atoms with E-state index in [1.54, 1.807) is 4.90 Å². The number of rotatable bonds is 4. The van der Waals surface area contributed by atoms with Gasteiger partial charge in [0.1, 0.15) is 0 Å². The standard InChI is InChI=1S/C16H28N2O3/c1-6-7-16(12(19)20)8-9-18(10-16)13(21)17-11-14(2,3)15(11,4)5/h11H,6-10H2,1-5H3,(H,17,21)(H,19,20). The largest absolute Gasteiger partial charge is 0.481 e. The Morgan fingerprint density at radius 1 is 1.24 bits per heavy atom. The molecule has 0 radical (unpaired) electrons. The van der Waals surface area contributed by atoms with Crippen molar-refractivity contribution in [1.29, 1.82) is 0 Å². The molecular formula is C16H28N2O3. The molecule has 2 amide bonds.